The van der Waals surface area contributed by atoms with Crippen LogP contribution in [0.15, 0.2) is 18.6 Å². The van der Waals surface area contributed by atoms with E-state index in [9.17, 15) is 0 Å². The second kappa shape index (κ2) is 2.20. The van der Waals surface area contributed by atoms with Crippen LogP contribution < -0.4 is 0 Å². The fourth-order valence-electron chi connectivity index (χ4n) is 0.978. The molecule has 0 bridgehead atoms. The van der Waals surface area contributed by atoms with Gasteiger partial charge in [-0.1, -0.05) is 11.6 Å². The van der Waals surface area contributed by atoms with E-state index in [-0.39, 0.29) is 0 Å². The standard InChI is InChI=1S/C7H6ClN3/c1-5-3-9-7-2-6(8)10-4-11(5)7/h2-4H,1H3. The van der Waals surface area contributed by atoms with Crippen molar-refractivity contribution in [3.63, 3.8) is 0 Å². The number of aromatic nitrogens is 3. The van der Waals surface area contributed by atoms with Crippen LogP contribution in [0.4, 0.5) is 0 Å². The highest BCUT2D eigenvalue weighted by Crippen LogP contribution is 2.08. The van der Waals surface area contributed by atoms with Gasteiger partial charge in [-0.05, 0) is 6.92 Å². The Bertz CT molecular complexity index is 393. The molecule has 2 aromatic heterocycles. The number of halogens is 1. The average Bonchev–Trinajstić information content (AvgIpc) is 2.32. The van der Waals surface area contributed by atoms with Gasteiger partial charge in [0.25, 0.3) is 0 Å². The third-order valence-electron chi connectivity index (χ3n) is 1.56. The normalized spacial score (nSPS) is 10.7. The molecule has 0 aliphatic heterocycles. The third kappa shape index (κ3) is 0.973. The molecule has 0 aliphatic rings. The Morgan fingerprint density at radius 3 is 3.09 bits per heavy atom. The Morgan fingerprint density at radius 1 is 1.45 bits per heavy atom. The summed E-state index contributed by atoms with van der Waals surface area (Å²) in [6.45, 7) is 1.97. The van der Waals surface area contributed by atoms with Crippen LogP contribution in [0, 0.1) is 6.92 Å². The maximum Gasteiger partial charge on any atom is 0.141 e. The van der Waals surface area contributed by atoms with E-state index in [4.69, 9.17) is 11.6 Å². The third-order valence-corrected chi connectivity index (χ3v) is 1.76. The Hall–Kier alpha value is -1.09. The van der Waals surface area contributed by atoms with Crippen LogP contribution in [0.2, 0.25) is 5.15 Å². The fourth-order valence-corrected chi connectivity index (χ4v) is 1.12. The number of nitrogens with zero attached hydrogens (tertiary/aromatic N) is 3. The first-order valence-corrected chi connectivity index (χ1v) is 3.60. The molecule has 0 aromatic carbocycles. The summed E-state index contributed by atoms with van der Waals surface area (Å²) in [4.78, 5) is 8.05. The monoisotopic (exact) mass is 167 g/mol. The minimum atomic E-state index is 0.475. The smallest absolute Gasteiger partial charge is 0.141 e. The van der Waals surface area contributed by atoms with Crippen molar-refractivity contribution in [2.45, 2.75) is 6.92 Å². The first-order valence-electron chi connectivity index (χ1n) is 3.22. The predicted octanol–water partition coefficient (Wildman–Crippen LogP) is 1.69. The lowest BCUT2D eigenvalue weighted by Gasteiger charge is -1.93. The summed E-state index contributed by atoms with van der Waals surface area (Å²) in [5.74, 6) is 0. The zero-order valence-corrected chi connectivity index (χ0v) is 6.71. The molecular weight excluding hydrogens is 162 g/mol. The summed E-state index contributed by atoms with van der Waals surface area (Å²) >= 11 is 5.66. The van der Waals surface area contributed by atoms with Crippen molar-refractivity contribution < 1.29 is 0 Å². The Balaban J connectivity index is 2.86. The molecule has 0 saturated heterocycles. The van der Waals surface area contributed by atoms with Crippen LogP contribution in [0.5, 0.6) is 0 Å². The number of hydrogen-bond acceptors (Lipinski definition) is 2. The summed E-state index contributed by atoms with van der Waals surface area (Å²) < 4.78 is 1.88. The molecule has 3 nitrogen and oxygen atoms in total. The summed E-state index contributed by atoms with van der Waals surface area (Å²) in [5.41, 5.74) is 1.90. The van der Waals surface area contributed by atoms with Gasteiger partial charge in [-0.2, -0.15) is 0 Å². The Kier molecular flexibility index (Phi) is 1.32. The number of aryl methyl sites for hydroxylation is 1. The Morgan fingerprint density at radius 2 is 2.27 bits per heavy atom. The van der Waals surface area contributed by atoms with Crippen LogP contribution in [-0.2, 0) is 0 Å². The van der Waals surface area contributed by atoms with Gasteiger partial charge < -0.3 is 0 Å². The highest BCUT2D eigenvalue weighted by Gasteiger charge is 1.98. The van der Waals surface area contributed by atoms with Crippen molar-refractivity contribution in [3.05, 3.63) is 29.4 Å². The quantitative estimate of drug-likeness (QED) is 0.559. The zero-order chi connectivity index (χ0) is 7.84. The van der Waals surface area contributed by atoms with Gasteiger partial charge in [0.1, 0.15) is 17.1 Å². The van der Waals surface area contributed by atoms with E-state index in [1.807, 2.05) is 11.3 Å². The lowest BCUT2D eigenvalue weighted by molar-refractivity contribution is 1.04. The molecule has 2 rings (SSSR count). The van der Waals surface area contributed by atoms with Crippen molar-refractivity contribution in [2.24, 2.45) is 0 Å². The maximum absolute atomic E-state index is 5.66. The van der Waals surface area contributed by atoms with E-state index < -0.39 is 0 Å². The highest BCUT2D eigenvalue weighted by molar-refractivity contribution is 6.29. The van der Waals surface area contributed by atoms with Gasteiger partial charge in [-0.3, -0.25) is 4.40 Å². The van der Waals surface area contributed by atoms with Gasteiger partial charge in [-0.15, -0.1) is 0 Å². The maximum atomic E-state index is 5.66. The average molecular weight is 168 g/mol. The van der Waals surface area contributed by atoms with Crippen molar-refractivity contribution in [1.29, 1.82) is 0 Å². The van der Waals surface area contributed by atoms with Gasteiger partial charge in [0.2, 0.25) is 0 Å². The number of hydrogen-bond donors (Lipinski definition) is 0. The minimum absolute atomic E-state index is 0.475. The molecule has 0 atom stereocenters. The molecule has 2 heterocycles. The Labute approximate surface area is 68.7 Å². The molecular formula is C7H6ClN3. The summed E-state index contributed by atoms with van der Waals surface area (Å²) in [5, 5.41) is 0.475. The second-order valence-corrected chi connectivity index (χ2v) is 2.73. The highest BCUT2D eigenvalue weighted by atomic mass is 35.5. The molecule has 4 heteroatoms. The molecule has 0 radical (unpaired) electrons. The van der Waals surface area contributed by atoms with Crippen LogP contribution in [0.25, 0.3) is 5.65 Å². The number of fused-ring (bicyclic) bond motifs is 1. The van der Waals surface area contributed by atoms with Crippen molar-refractivity contribution in [1.82, 2.24) is 14.4 Å². The van der Waals surface area contributed by atoms with Gasteiger partial charge in [0, 0.05) is 18.0 Å². The molecule has 0 N–H and O–H groups in total. The molecule has 0 unspecified atom stereocenters. The topological polar surface area (TPSA) is 30.2 Å². The molecule has 0 spiro atoms. The molecule has 2 aromatic rings. The van der Waals surface area contributed by atoms with Crippen LogP contribution in [-0.4, -0.2) is 14.4 Å². The van der Waals surface area contributed by atoms with Crippen LogP contribution >= 0.6 is 11.6 Å². The number of rotatable bonds is 0. The minimum Gasteiger partial charge on any atom is -0.288 e. The predicted molar refractivity (Wildman–Crippen MR) is 42.7 cm³/mol. The largest absolute Gasteiger partial charge is 0.288 e. The number of imidazole rings is 1. The van der Waals surface area contributed by atoms with E-state index >= 15 is 0 Å². The van der Waals surface area contributed by atoms with Crippen LogP contribution in [0.1, 0.15) is 5.69 Å². The first-order chi connectivity index (χ1) is 5.27. The van der Waals surface area contributed by atoms with Crippen LogP contribution in [0.3, 0.4) is 0 Å². The molecule has 56 valence electrons. The molecule has 11 heavy (non-hydrogen) atoms. The summed E-state index contributed by atoms with van der Waals surface area (Å²) in [7, 11) is 0. The van der Waals surface area contributed by atoms with Gasteiger partial charge in [0.05, 0.1) is 0 Å². The lowest BCUT2D eigenvalue weighted by Crippen LogP contribution is -1.88. The molecule has 0 fully saturated rings. The summed E-state index contributed by atoms with van der Waals surface area (Å²) in [6.07, 6.45) is 3.45. The lowest BCUT2D eigenvalue weighted by atomic mass is 10.5. The zero-order valence-electron chi connectivity index (χ0n) is 5.95. The van der Waals surface area contributed by atoms with E-state index in [0.717, 1.165) is 11.3 Å². The fraction of sp³-hybridized carbons (Fsp3) is 0.143. The SMILES string of the molecule is Cc1cnc2cc(Cl)ncn12. The molecule has 0 aliphatic carbocycles. The summed E-state index contributed by atoms with van der Waals surface area (Å²) in [6, 6.07) is 1.73. The van der Waals surface area contributed by atoms with Crippen molar-refractivity contribution in [2.75, 3.05) is 0 Å². The van der Waals surface area contributed by atoms with Gasteiger partial charge in [0.15, 0.2) is 0 Å². The molecule has 0 amide bonds. The second-order valence-electron chi connectivity index (χ2n) is 2.34. The van der Waals surface area contributed by atoms with E-state index in [2.05, 4.69) is 9.97 Å². The van der Waals surface area contributed by atoms with E-state index in [0.29, 0.717) is 5.15 Å². The van der Waals surface area contributed by atoms with E-state index in [1.54, 1.807) is 18.6 Å². The van der Waals surface area contributed by atoms with Crippen molar-refractivity contribution >= 4 is 17.2 Å². The first kappa shape index (κ1) is 6.61. The molecule has 0 saturated carbocycles. The van der Waals surface area contributed by atoms with E-state index in [1.165, 1.54) is 0 Å². The van der Waals surface area contributed by atoms with Gasteiger partial charge in [-0.25, -0.2) is 9.97 Å². The van der Waals surface area contributed by atoms with Gasteiger partial charge >= 0.3 is 0 Å². The van der Waals surface area contributed by atoms with Crippen molar-refractivity contribution in [3.8, 4) is 0 Å².